The van der Waals surface area contributed by atoms with E-state index in [2.05, 4.69) is 42.0 Å². The Labute approximate surface area is 83.6 Å². The number of H-pyrrole nitrogens is 1. The van der Waals surface area contributed by atoms with Crippen LogP contribution >= 0.6 is 0 Å². The molecule has 0 aromatic carbocycles. The third-order valence-electron chi connectivity index (χ3n) is 2.90. The molecule has 74 valence electrons. The summed E-state index contributed by atoms with van der Waals surface area (Å²) in [6, 6.07) is 2.11. The molecule has 0 unspecified atom stereocenters. The van der Waals surface area contributed by atoms with Crippen LogP contribution < -0.4 is 0 Å². The number of rotatable bonds is 2. The molecule has 0 aliphatic carbocycles. The molecule has 0 atom stereocenters. The van der Waals surface area contributed by atoms with Gasteiger partial charge in [0.2, 0.25) is 0 Å². The van der Waals surface area contributed by atoms with Crippen molar-refractivity contribution < 1.29 is 0 Å². The molecule has 0 aliphatic rings. The average molecular weight is 189 g/mol. The summed E-state index contributed by atoms with van der Waals surface area (Å²) in [5.74, 6) is 0. The molecule has 1 N–H and O–H groups in total. The minimum absolute atomic E-state index is 0.144. The summed E-state index contributed by atoms with van der Waals surface area (Å²) in [7, 11) is 0. The SMILES string of the molecule is CCC(C)(C)c1cc2cn[nH]c2cn1. The standard InChI is InChI=1S/C11H15N3/c1-4-11(2,3)10-5-8-6-13-14-9(8)7-12-10/h5-7H,4H2,1-3H3,(H,13,14). The van der Waals surface area contributed by atoms with Gasteiger partial charge in [-0.2, -0.15) is 5.10 Å². The van der Waals surface area contributed by atoms with Gasteiger partial charge in [0.25, 0.3) is 0 Å². The summed E-state index contributed by atoms with van der Waals surface area (Å²) in [6.45, 7) is 6.60. The normalized spacial score (nSPS) is 12.2. The van der Waals surface area contributed by atoms with Gasteiger partial charge in [0.05, 0.1) is 17.9 Å². The summed E-state index contributed by atoms with van der Waals surface area (Å²) in [5, 5.41) is 8.02. The zero-order chi connectivity index (χ0) is 10.2. The van der Waals surface area contributed by atoms with Gasteiger partial charge in [-0.1, -0.05) is 20.8 Å². The highest BCUT2D eigenvalue weighted by atomic mass is 15.1. The summed E-state index contributed by atoms with van der Waals surface area (Å²) in [6.07, 6.45) is 4.78. The Hall–Kier alpha value is -1.38. The number of fused-ring (bicyclic) bond motifs is 1. The molecule has 0 saturated heterocycles. The van der Waals surface area contributed by atoms with E-state index in [1.807, 2.05) is 12.4 Å². The first-order valence-electron chi connectivity index (χ1n) is 4.93. The third-order valence-corrected chi connectivity index (χ3v) is 2.90. The first-order valence-corrected chi connectivity index (χ1v) is 4.93. The Morgan fingerprint density at radius 3 is 2.86 bits per heavy atom. The van der Waals surface area contributed by atoms with Crippen molar-refractivity contribution in [2.24, 2.45) is 0 Å². The van der Waals surface area contributed by atoms with E-state index in [0.717, 1.165) is 23.0 Å². The predicted molar refractivity (Wildman–Crippen MR) is 57.2 cm³/mol. The molecule has 14 heavy (non-hydrogen) atoms. The molecule has 2 rings (SSSR count). The Morgan fingerprint density at radius 1 is 1.36 bits per heavy atom. The first kappa shape index (κ1) is 9.19. The quantitative estimate of drug-likeness (QED) is 0.789. The van der Waals surface area contributed by atoms with Crippen LogP contribution in [-0.2, 0) is 5.41 Å². The van der Waals surface area contributed by atoms with Gasteiger partial charge in [-0.05, 0) is 12.5 Å². The van der Waals surface area contributed by atoms with E-state index in [9.17, 15) is 0 Å². The summed E-state index contributed by atoms with van der Waals surface area (Å²) < 4.78 is 0. The van der Waals surface area contributed by atoms with Crippen LogP contribution in [0.25, 0.3) is 10.9 Å². The average Bonchev–Trinajstić information content (AvgIpc) is 2.64. The maximum atomic E-state index is 4.45. The third kappa shape index (κ3) is 1.39. The van der Waals surface area contributed by atoms with Gasteiger partial charge in [-0.25, -0.2) is 0 Å². The van der Waals surface area contributed by atoms with Crippen LogP contribution in [-0.4, -0.2) is 15.2 Å². The molecular formula is C11H15N3. The van der Waals surface area contributed by atoms with Crippen LogP contribution in [0.15, 0.2) is 18.5 Å². The maximum Gasteiger partial charge on any atom is 0.0833 e. The van der Waals surface area contributed by atoms with E-state index >= 15 is 0 Å². The fourth-order valence-electron chi connectivity index (χ4n) is 1.39. The minimum Gasteiger partial charge on any atom is -0.276 e. The Morgan fingerprint density at radius 2 is 2.14 bits per heavy atom. The van der Waals surface area contributed by atoms with Crippen molar-refractivity contribution in [2.45, 2.75) is 32.6 Å². The Bertz CT molecular complexity index is 442. The number of nitrogens with zero attached hydrogens (tertiary/aromatic N) is 2. The monoisotopic (exact) mass is 189 g/mol. The molecule has 0 radical (unpaired) electrons. The number of hydrogen-bond acceptors (Lipinski definition) is 2. The van der Waals surface area contributed by atoms with Gasteiger partial charge in [0, 0.05) is 16.5 Å². The van der Waals surface area contributed by atoms with Crippen molar-refractivity contribution in [2.75, 3.05) is 0 Å². The van der Waals surface area contributed by atoms with E-state index in [4.69, 9.17) is 0 Å². The predicted octanol–water partition coefficient (Wildman–Crippen LogP) is 2.65. The summed E-state index contributed by atoms with van der Waals surface area (Å²) in [5.41, 5.74) is 2.28. The first-order chi connectivity index (χ1) is 6.63. The van der Waals surface area contributed by atoms with Gasteiger partial charge >= 0.3 is 0 Å². The highest BCUT2D eigenvalue weighted by Crippen LogP contribution is 2.26. The number of aromatic amines is 1. The molecule has 2 heterocycles. The lowest BCUT2D eigenvalue weighted by atomic mass is 9.86. The number of pyridine rings is 1. The van der Waals surface area contributed by atoms with E-state index in [1.54, 1.807) is 0 Å². The second-order valence-electron chi connectivity index (χ2n) is 4.26. The lowest BCUT2D eigenvalue weighted by Gasteiger charge is -2.21. The van der Waals surface area contributed by atoms with E-state index in [0.29, 0.717) is 0 Å². The highest BCUT2D eigenvalue weighted by molar-refractivity contribution is 5.77. The highest BCUT2D eigenvalue weighted by Gasteiger charge is 2.19. The topological polar surface area (TPSA) is 41.6 Å². The lowest BCUT2D eigenvalue weighted by Crippen LogP contribution is -2.16. The smallest absolute Gasteiger partial charge is 0.0833 e. The second kappa shape index (κ2) is 3.08. The molecule has 3 nitrogen and oxygen atoms in total. The fourth-order valence-corrected chi connectivity index (χ4v) is 1.39. The van der Waals surface area contributed by atoms with Crippen LogP contribution in [0.4, 0.5) is 0 Å². The Balaban J connectivity index is 2.53. The van der Waals surface area contributed by atoms with Crippen molar-refractivity contribution in [3.8, 4) is 0 Å². The van der Waals surface area contributed by atoms with Crippen molar-refractivity contribution in [1.29, 1.82) is 0 Å². The van der Waals surface area contributed by atoms with Gasteiger partial charge < -0.3 is 0 Å². The molecule has 2 aromatic rings. The van der Waals surface area contributed by atoms with Crippen LogP contribution in [0.5, 0.6) is 0 Å². The van der Waals surface area contributed by atoms with Gasteiger partial charge in [-0.3, -0.25) is 10.1 Å². The van der Waals surface area contributed by atoms with E-state index < -0.39 is 0 Å². The summed E-state index contributed by atoms with van der Waals surface area (Å²) >= 11 is 0. The molecule has 0 aliphatic heterocycles. The molecular weight excluding hydrogens is 174 g/mol. The van der Waals surface area contributed by atoms with Crippen molar-refractivity contribution >= 4 is 10.9 Å². The number of hydrogen-bond donors (Lipinski definition) is 1. The minimum atomic E-state index is 0.144. The zero-order valence-corrected chi connectivity index (χ0v) is 8.83. The van der Waals surface area contributed by atoms with Gasteiger partial charge in [-0.15, -0.1) is 0 Å². The molecule has 0 spiro atoms. The van der Waals surface area contributed by atoms with E-state index in [1.165, 1.54) is 0 Å². The van der Waals surface area contributed by atoms with Gasteiger partial charge in [0.15, 0.2) is 0 Å². The van der Waals surface area contributed by atoms with Gasteiger partial charge in [0.1, 0.15) is 0 Å². The van der Waals surface area contributed by atoms with E-state index in [-0.39, 0.29) is 5.41 Å². The zero-order valence-electron chi connectivity index (χ0n) is 8.83. The maximum absolute atomic E-state index is 4.45. The molecule has 0 fully saturated rings. The fraction of sp³-hybridized carbons (Fsp3) is 0.455. The Kier molecular flexibility index (Phi) is 2.02. The van der Waals surface area contributed by atoms with Crippen LogP contribution in [0, 0.1) is 0 Å². The molecule has 3 heteroatoms. The summed E-state index contributed by atoms with van der Waals surface area (Å²) in [4.78, 5) is 4.45. The van der Waals surface area contributed by atoms with Crippen LogP contribution in [0.2, 0.25) is 0 Å². The molecule has 0 bridgehead atoms. The second-order valence-corrected chi connectivity index (χ2v) is 4.26. The van der Waals surface area contributed by atoms with Crippen LogP contribution in [0.3, 0.4) is 0 Å². The lowest BCUT2D eigenvalue weighted by molar-refractivity contribution is 0.491. The largest absolute Gasteiger partial charge is 0.276 e. The molecule has 2 aromatic heterocycles. The molecule has 0 saturated carbocycles. The molecule has 0 amide bonds. The number of aromatic nitrogens is 3. The number of nitrogens with one attached hydrogen (secondary N) is 1. The van der Waals surface area contributed by atoms with Crippen molar-refractivity contribution in [3.05, 3.63) is 24.2 Å². The van der Waals surface area contributed by atoms with Crippen molar-refractivity contribution in [1.82, 2.24) is 15.2 Å². The van der Waals surface area contributed by atoms with Crippen LogP contribution in [0.1, 0.15) is 32.9 Å². The van der Waals surface area contributed by atoms with Crippen molar-refractivity contribution in [3.63, 3.8) is 0 Å².